The molecular formula is C15H28N2O. The molecule has 0 radical (unpaired) electrons. The van der Waals surface area contributed by atoms with Crippen molar-refractivity contribution >= 4 is 5.91 Å². The van der Waals surface area contributed by atoms with Gasteiger partial charge in [-0.3, -0.25) is 9.69 Å². The van der Waals surface area contributed by atoms with E-state index in [2.05, 4.69) is 17.1 Å². The number of rotatable bonds is 4. The number of nitrogens with one attached hydrogen (secondary N) is 1. The van der Waals surface area contributed by atoms with E-state index in [0.29, 0.717) is 12.1 Å². The Labute approximate surface area is 111 Å². The minimum absolute atomic E-state index is 0.101. The first kappa shape index (κ1) is 13.9. The van der Waals surface area contributed by atoms with Crippen molar-refractivity contribution in [2.24, 2.45) is 11.8 Å². The summed E-state index contributed by atoms with van der Waals surface area (Å²) in [6.45, 7) is 8.57. The van der Waals surface area contributed by atoms with Crippen LogP contribution in [-0.4, -0.2) is 36.0 Å². The zero-order valence-electron chi connectivity index (χ0n) is 12.1. The molecule has 2 aliphatic rings. The maximum absolute atomic E-state index is 11.8. The molecule has 2 atom stereocenters. The van der Waals surface area contributed by atoms with E-state index in [1.807, 2.05) is 13.8 Å². The third-order valence-electron chi connectivity index (χ3n) is 4.73. The molecule has 1 N–H and O–H groups in total. The van der Waals surface area contributed by atoms with Gasteiger partial charge in [0.15, 0.2) is 0 Å². The topological polar surface area (TPSA) is 32.3 Å². The van der Waals surface area contributed by atoms with E-state index < -0.39 is 0 Å². The van der Waals surface area contributed by atoms with Crippen LogP contribution in [0, 0.1) is 11.8 Å². The molecule has 1 saturated heterocycles. The van der Waals surface area contributed by atoms with E-state index in [0.717, 1.165) is 18.9 Å². The maximum Gasteiger partial charge on any atom is 0.222 e. The maximum atomic E-state index is 11.8. The second-order valence-electron chi connectivity index (χ2n) is 6.43. The van der Waals surface area contributed by atoms with Gasteiger partial charge in [0.05, 0.1) is 0 Å². The Morgan fingerprint density at radius 1 is 1.17 bits per heavy atom. The summed E-state index contributed by atoms with van der Waals surface area (Å²) in [5, 5.41) is 3.20. The van der Waals surface area contributed by atoms with Crippen molar-refractivity contribution in [3.63, 3.8) is 0 Å². The zero-order chi connectivity index (χ0) is 13.1. The van der Waals surface area contributed by atoms with Gasteiger partial charge in [0.25, 0.3) is 0 Å². The van der Waals surface area contributed by atoms with Gasteiger partial charge in [-0.05, 0) is 45.1 Å². The van der Waals surface area contributed by atoms with Gasteiger partial charge in [-0.15, -0.1) is 0 Å². The van der Waals surface area contributed by atoms with Gasteiger partial charge in [0, 0.05) is 24.5 Å². The average molecular weight is 252 g/mol. The number of nitrogens with zero attached hydrogens (tertiary/aromatic N) is 1. The number of piperidine rings is 1. The highest BCUT2D eigenvalue weighted by Crippen LogP contribution is 2.33. The van der Waals surface area contributed by atoms with Gasteiger partial charge < -0.3 is 5.32 Å². The van der Waals surface area contributed by atoms with E-state index in [1.54, 1.807) is 0 Å². The standard InChI is InChI=1S/C15H28N2O/c1-11(2)15(18)16-14-8-5-9-17(10-14)12(3)13-6-4-7-13/h11-14H,4-10H2,1-3H3,(H,16,18). The zero-order valence-corrected chi connectivity index (χ0v) is 12.1. The molecule has 0 aromatic rings. The number of carbonyl (C=O) groups is 1. The molecule has 1 saturated carbocycles. The van der Waals surface area contributed by atoms with Crippen LogP contribution in [0.1, 0.15) is 52.9 Å². The molecule has 0 aromatic heterocycles. The lowest BCUT2D eigenvalue weighted by Crippen LogP contribution is -2.53. The van der Waals surface area contributed by atoms with Gasteiger partial charge in [-0.1, -0.05) is 20.3 Å². The molecule has 1 heterocycles. The third kappa shape index (κ3) is 3.25. The minimum atomic E-state index is 0.101. The van der Waals surface area contributed by atoms with E-state index in [-0.39, 0.29) is 11.8 Å². The van der Waals surface area contributed by atoms with Crippen LogP contribution in [0.3, 0.4) is 0 Å². The lowest BCUT2D eigenvalue weighted by Gasteiger charge is -2.43. The van der Waals surface area contributed by atoms with Crippen LogP contribution in [0.15, 0.2) is 0 Å². The molecule has 2 rings (SSSR count). The lowest BCUT2D eigenvalue weighted by atomic mass is 9.79. The highest BCUT2D eigenvalue weighted by Gasteiger charge is 2.31. The van der Waals surface area contributed by atoms with E-state index in [9.17, 15) is 4.79 Å². The molecule has 2 unspecified atom stereocenters. The summed E-state index contributed by atoms with van der Waals surface area (Å²) in [6, 6.07) is 1.08. The molecule has 0 spiro atoms. The molecule has 3 nitrogen and oxygen atoms in total. The third-order valence-corrected chi connectivity index (χ3v) is 4.73. The summed E-state index contributed by atoms with van der Waals surface area (Å²) < 4.78 is 0. The predicted octanol–water partition coefficient (Wildman–Crippen LogP) is 2.41. The SMILES string of the molecule is CC(C)C(=O)NC1CCCN(C(C)C2CCC2)C1. The monoisotopic (exact) mass is 252 g/mol. The fourth-order valence-corrected chi connectivity index (χ4v) is 3.08. The first-order chi connectivity index (χ1) is 8.58. The predicted molar refractivity (Wildman–Crippen MR) is 74.4 cm³/mol. The highest BCUT2D eigenvalue weighted by molar-refractivity contribution is 5.78. The first-order valence-electron chi connectivity index (χ1n) is 7.62. The number of carbonyl (C=O) groups excluding carboxylic acids is 1. The summed E-state index contributed by atoms with van der Waals surface area (Å²) >= 11 is 0. The summed E-state index contributed by atoms with van der Waals surface area (Å²) in [5.41, 5.74) is 0. The molecule has 104 valence electrons. The molecule has 3 heteroatoms. The molecule has 1 aliphatic heterocycles. The number of hydrogen-bond acceptors (Lipinski definition) is 2. The minimum Gasteiger partial charge on any atom is -0.352 e. The molecule has 1 aliphatic carbocycles. The van der Waals surface area contributed by atoms with E-state index in [4.69, 9.17) is 0 Å². The lowest BCUT2D eigenvalue weighted by molar-refractivity contribution is -0.125. The number of amides is 1. The Balaban J connectivity index is 1.82. The Morgan fingerprint density at radius 2 is 1.89 bits per heavy atom. The van der Waals surface area contributed by atoms with Crippen LogP contribution in [-0.2, 0) is 4.79 Å². The summed E-state index contributed by atoms with van der Waals surface area (Å²) in [4.78, 5) is 14.4. The van der Waals surface area contributed by atoms with Crippen molar-refractivity contribution in [2.75, 3.05) is 13.1 Å². The van der Waals surface area contributed by atoms with E-state index in [1.165, 1.54) is 32.2 Å². The highest BCUT2D eigenvalue weighted by atomic mass is 16.1. The Kier molecular flexibility index (Phi) is 4.66. The van der Waals surface area contributed by atoms with Crippen molar-refractivity contribution in [1.29, 1.82) is 0 Å². The van der Waals surface area contributed by atoms with Crippen LogP contribution >= 0.6 is 0 Å². The largest absolute Gasteiger partial charge is 0.352 e. The van der Waals surface area contributed by atoms with Crippen molar-refractivity contribution in [3.05, 3.63) is 0 Å². The summed E-state index contributed by atoms with van der Waals surface area (Å²) in [7, 11) is 0. The summed E-state index contributed by atoms with van der Waals surface area (Å²) in [6.07, 6.45) is 6.59. The van der Waals surface area contributed by atoms with Crippen LogP contribution in [0.25, 0.3) is 0 Å². The van der Waals surface area contributed by atoms with Crippen LogP contribution in [0.2, 0.25) is 0 Å². The molecule has 0 aromatic carbocycles. The van der Waals surface area contributed by atoms with Gasteiger partial charge in [0.1, 0.15) is 0 Å². The Bertz CT molecular complexity index is 286. The molecule has 2 fully saturated rings. The van der Waals surface area contributed by atoms with Crippen LogP contribution in [0.4, 0.5) is 0 Å². The van der Waals surface area contributed by atoms with Crippen molar-refractivity contribution in [1.82, 2.24) is 10.2 Å². The molecule has 18 heavy (non-hydrogen) atoms. The second kappa shape index (κ2) is 6.05. The van der Waals surface area contributed by atoms with Gasteiger partial charge in [-0.2, -0.15) is 0 Å². The molecule has 1 amide bonds. The Hall–Kier alpha value is -0.570. The smallest absolute Gasteiger partial charge is 0.222 e. The Morgan fingerprint density at radius 3 is 2.44 bits per heavy atom. The quantitative estimate of drug-likeness (QED) is 0.833. The van der Waals surface area contributed by atoms with Crippen molar-refractivity contribution < 1.29 is 4.79 Å². The molecular weight excluding hydrogens is 224 g/mol. The molecule has 0 bridgehead atoms. The van der Waals surface area contributed by atoms with Crippen LogP contribution < -0.4 is 5.32 Å². The normalized spacial score (nSPS) is 27.9. The van der Waals surface area contributed by atoms with Gasteiger partial charge in [-0.25, -0.2) is 0 Å². The van der Waals surface area contributed by atoms with Gasteiger partial charge >= 0.3 is 0 Å². The summed E-state index contributed by atoms with van der Waals surface area (Å²) in [5.74, 6) is 1.21. The fourth-order valence-electron chi connectivity index (χ4n) is 3.08. The number of likely N-dealkylation sites (tertiary alicyclic amines) is 1. The van der Waals surface area contributed by atoms with Crippen LogP contribution in [0.5, 0.6) is 0 Å². The van der Waals surface area contributed by atoms with Crippen molar-refractivity contribution in [2.45, 2.75) is 65.0 Å². The second-order valence-corrected chi connectivity index (χ2v) is 6.43. The fraction of sp³-hybridized carbons (Fsp3) is 0.933. The van der Waals surface area contributed by atoms with Gasteiger partial charge in [0.2, 0.25) is 5.91 Å². The first-order valence-corrected chi connectivity index (χ1v) is 7.62. The average Bonchev–Trinajstić information content (AvgIpc) is 2.26. The van der Waals surface area contributed by atoms with E-state index >= 15 is 0 Å². The van der Waals surface area contributed by atoms with Crippen molar-refractivity contribution in [3.8, 4) is 0 Å². The number of hydrogen-bond donors (Lipinski definition) is 1.